The summed E-state index contributed by atoms with van der Waals surface area (Å²) in [6, 6.07) is 14.0. The highest BCUT2D eigenvalue weighted by Gasteiger charge is 2.45. The van der Waals surface area contributed by atoms with E-state index >= 15 is 0 Å². The number of aliphatic hydroxyl groups excluding tert-OH is 1. The van der Waals surface area contributed by atoms with Crippen molar-refractivity contribution in [2.75, 3.05) is 32.1 Å². The third-order valence-corrected chi connectivity index (χ3v) is 6.89. The van der Waals surface area contributed by atoms with E-state index in [4.69, 9.17) is 9.15 Å². The number of furan rings is 1. The molecule has 176 valence electrons. The predicted octanol–water partition coefficient (Wildman–Crippen LogP) is 5.02. The van der Waals surface area contributed by atoms with Gasteiger partial charge >= 0.3 is 0 Å². The van der Waals surface area contributed by atoms with Crippen LogP contribution in [0.1, 0.15) is 35.0 Å². The van der Waals surface area contributed by atoms with Crippen molar-refractivity contribution in [2.24, 2.45) is 0 Å². The van der Waals surface area contributed by atoms with Crippen molar-refractivity contribution in [3.05, 3.63) is 75.7 Å². The quantitative estimate of drug-likeness (QED) is 0.456. The van der Waals surface area contributed by atoms with Crippen LogP contribution in [0.2, 0.25) is 0 Å². The van der Waals surface area contributed by atoms with Gasteiger partial charge in [-0.15, -0.1) is 0 Å². The number of rotatable bonds is 6. The number of benzene rings is 2. The van der Waals surface area contributed by atoms with Crippen LogP contribution in [0.4, 0.5) is 5.69 Å². The average Bonchev–Trinajstić information content (AvgIpc) is 3.54. The number of amides is 1. The Hall–Kier alpha value is -3.10. The zero-order valence-electron chi connectivity index (χ0n) is 19.0. The van der Waals surface area contributed by atoms with E-state index in [0.29, 0.717) is 18.7 Å². The lowest BCUT2D eigenvalue weighted by Gasteiger charge is -2.29. The van der Waals surface area contributed by atoms with E-state index in [-0.39, 0.29) is 17.4 Å². The Bertz CT molecular complexity index is 1290. The maximum atomic E-state index is 13.7. The summed E-state index contributed by atoms with van der Waals surface area (Å²) in [7, 11) is 3.89. The standard InChI is InChI=1S/C26H25BrN2O5/c1-28(2)18-8-5-15(6-9-18)23-22(25(31)26(32)29(23)14-19-4-3-11-33-19)24(30)21-13-16-12-17(27)7-10-20(16)34-21/h5-10,12-13,19,23,31H,3-4,11,14H2,1-2H3. The topological polar surface area (TPSA) is 83.2 Å². The fourth-order valence-corrected chi connectivity index (χ4v) is 5.02. The van der Waals surface area contributed by atoms with Crippen molar-refractivity contribution >= 4 is 44.3 Å². The van der Waals surface area contributed by atoms with E-state index in [9.17, 15) is 14.7 Å². The van der Waals surface area contributed by atoms with Crippen LogP contribution in [0.5, 0.6) is 0 Å². The molecule has 8 heteroatoms. The molecule has 1 fully saturated rings. The molecular formula is C26H25BrN2O5. The van der Waals surface area contributed by atoms with Gasteiger partial charge in [0, 0.05) is 42.8 Å². The molecule has 2 aromatic carbocycles. The van der Waals surface area contributed by atoms with E-state index in [2.05, 4.69) is 15.9 Å². The SMILES string of the molecule is CN(C)c1ccc(C2C(C(=O)c3cc4cc(Br)ccc4o3)=C(O)C(=O)N2CC2CCCO2)cc1. The lowest BCUT2D eigenvalue weighted by molar-refractivity contribution is -0.131. The third-order valence-electron chi connectivity index (χ3n) is 6.40. The molecule has 2 unspecified atom stereocenters. The summed E-state index contributed by atoms with van der Waals surface area (Å²) in [5.74, 6) is -1.53. The fourth-order valence-electron chi connectivity index (χ4n) is 4.64. The lowest BCUT2D eigenvalue weighted by atomic mass is 9.94. The number of ether oxygens (including phenoxy) is 1. The fraction of sp³-hybridized carbons (Fsp3) is 0.308. The number of Topliss-reactive ketones (excluding diaryl/α,β-unsaturated/α-hetero) is 1. The Labute approximate surface area is 205 Å². The summed E-state index contributed by atoms with van der Waals surface area (Å²) in [5.41, 5.74) is 2.31. The summed E-state index contributed by atoms with van der Waals surface area (Å²) in [6.45, 7) is 0.946. The van der Waals surface area contributed by atoms with Gasteiger partial charge in [0.1, 0.15) is 5.58 Å². The monoisotopic (exact) mass is 524 g/mol. The molecule has 0 saturated carbocycles. The average molecular weight is 525 g/mol. The number of anilines is 1. The molecule has 2 atom stereocenters. The molecule has 2 aliphatic heterocycles. The molecule has 0 radical (unpaired) electrons. The first kappa shape index (κ1) is 22.7. The molecule has 34 heavy (non-hydrogen) atoms. The zero-order chi connectivity index (χ0) is 24.0. The zero-order valence-corrected chi connectivity index (χ0v) is 20.5. The smallest absolute Gasteiger partial charge is 0.290 e. The van der Waals surface area contributed by atoms with Crippen LogP contribution in [0.15, 0.2) is 68.8 Å². The van der Waals surface area contributed by atoms with Crippen molar-refractivity contribution in [3.8, 4) is 0 Å². The second-order valence-electron chi connectivity index (χ2n) is 8.87. The van der Waals surface area contributed by atoms with Gasteiger partial charge < -0.3 is 24.1 Å². The summed E-state index contributed by atoms with van der Waals surface area (Å²) >= 11 is 3.43. The molecule has 0 bridgehead atoms. The highest BCUT2D eigenvalue weighted by Crippen LogP contribution is 2.40. The first-order valence-electron chi connectivity index (χ1n) is 11.2. The lowest BCUT2D eigenvalue weighted by Crippen LogP contribution is -2.37. The number of carbonyl (C=O) groups is 2. The van der Waals surface area contributed by atoms with Gasteiger partial charge in [0.2, 0.25) is 5.78 Å². The van der Waals surface area contributed by atoms with Gasteiger partial charge in [-0.1, -0.05) is 28.1 Å². The number of ketones is 1. The molecular weight excluding hydrogens is 500 g/mol. The first-order chi connectivity index (χ1) is 16.3. The normalized spacial score (nSPS) is 20.6. The Morgan fingerprint density at radius 1 is 1.18 bits per heavy atom. The van der Waals surface area contributed by atoms with Gasteiger partial charge in [-0.3, -0.25) is 9.59 Å². The van der Waals surface area contributed by atoms with Crippen LogP contribution < -0.4 is 4.90 Å². The number of hydrogen-bond donors (Lipinski definition) is 1. The third kappa shape index (κ3) is 4.01. The Kier molecular flexibility index (Phi) is 5.95. The highest BCUT2D eigenvalue weighted by molar-refractivity contribution is 9.10. The molecule has 7 nitrogen and oxygen atoms in total. The van der Waals surface area contributed by atoms with Gasteiger partial charge in [0.15, 0.2) is 11.5 Å². The maximum Gasteiger partial charge on any atom is 0.290 e. The van der Waals surface area contributed by atoms with Crippen LogP contribution in [-0.2, 0) is 9.53 Å². The van der Waals surface area contributed by atoms with Crippen LogP contribution in [-0.4, -0.2) is 55.0 Å². The van der Waals surface area contributed by atoms with Crippen molar-refractivity contribution in [2.45, 2.75) is 25.0 Å². The second-order valence-corrected chi connectivity index (χ2v) is 9.78. The van der Waals surface area contributed by atoms with Crippen LogP contribution in [0, 0.1) is 0 Å². The Morgan fingerprint density at radius 2 is 1.94 bits per heavy atom. The molecule has 1 aromatic heterocycles. The van der Waals surface area contributed by atoms with E-state index in [0.717, 1.165) is 34.0 Å². The molecule has 5 rings (SSSR count). The van der Waals surface area contributed by atoms with Gasteiger partial charge in [-0.2, -0.15) is 0 Å². The second kappa shape index (κ2) is 8.92. The molecule has 1 N–H and O–H groups in total. The van der Waals surface area contributed by atoms with Gasteiger partial charge in [-0.25, -0.2) is 0 Å². The minimum atomic E-state index is -0.736. The van der Waals surface area contributed by atoms with E-state index in [1.54, 1.807) is 17.0 Å². The van der Waals surface area contributed by atoms with Gasteiger partial charge in [0.25, 0.3) is 5.91 Å². The van der Waals surface area contributed by atoms with Crippen LogP contribution in [0.3, 0.4) is 0 Å². The van der Waals surface area contributed by atoms with Crippen molar-refractivity contribution in [3.63, 3.8) is 0 Å². The largest absolute Gasteiger partial charge is 0.503 e. The molecule has 1 saturated heterocycles. The Balaban J connectivity index is 1.56. The number of aliphatic hydroxyl groups is 1. The van der Waals surface area contributed by atoms with Crippen molar-refractivity contribution < 1.29 is 23.8 Å². The van der Waals surface area contributed by atoms with Gasteiger partial charge in [0.05, 0.1) is 17.7 Å². The number of carbonyl (C=O) groups excluding carboxylic acids is 2. The van der Waals surface area contributed by atoms with E-state index in [1.165, 1.54) is 0 Å². The summed E-state index contributed by atoms with van der Waals surface area (Å²) in [6.07, 6.45) is 1.63. The van der Waals surface area contributed by atoms with E-state index in [1.807, 2.05) is 55.4 Å². The number of hydrogen-bond acceptors (Lipinski definition) is 6. The molecule has 0 spiro atoms. The molecule has 0 aliphatic carbocycles. The van der Waals surface area contributed by atoms with Crippen LogP contribution in [0.25, 0.3) is 11.0 Å². The summed E-state index contributed by atoms with van der Waals surface area (Å²) in [5, 5.41) is 11.7. The minimum Gasteiger partial charge on any atom is -0.503 e. The first-order valence-corrected chi connectivity index (χ1v) is 12.0. The molecule has 1 amide bonds. The molecule has 3 heterocycles. The minimum absolute atomic E-state index is 0.0266. The highest BCUT2D eigenvalue weighted by atomic mass is 79.9. The van der Waals surface area contributed by atoms with Crippen molar-refractivity contribution in [1.82, 2.24) is 4.90 Å². The number of fused-ring (bicyclic) bond motifs is 1. The molecule has 3 aromatic rings. The maximum absolute atomic E-state index is 13.7. The van der Waals surface area contributed by atoms with Gasteiger partial charge in [-0.05, 0) is 54.8 Å². The number of nitrogens with zero attached hydrogens (tertiary/aromatic N) is 2. The van der Waals surface area contributed by atoms with Crippen molar-refractivity contribution in [1.29, 1.82) is 0 Å². The van der Waals surface area contributed by atoms with E-state index < -0.39 is 23.5 Å². The summed E-state index contributed by atoms with van der Waals surface area (Å²) < 4.78 is 12.4. The Morgan fingerprint density at radius 3 is 2.62 bits per heavy atom. The summed E-state index contributed by atoms with van der Waals surface area (Å²) in [4.78, 5) is 30.4. The molecule has 2 aliphatic rings. The predicted molar refractivity (Wildman–Crippen MR) is 132 cm³/mol. The van der Waals surface area contributed by atoms with Crippen LogP contribution >= 0.6 is 15.9 Å². The number of halogens is 1.